The van der Waals surface area contributed by atoms with Crippen LogP contribution in [0.3, 0.4) is 0 Å². The first-order chi connectivity index (χ1) is 9.97. The molecule has 0 aliphatic carbocycles. The Balaban J connectivity index is 1.95. The zero-order chi connectivity index (χ0) is 15.1. The van der Waals surface area contributed by atoms with Crippen LogP contribution in [0.25, 0.3) is 0 Å². The number of ketones is 1. The summed E-state index contributed by atoms with van der Waals surface area (Å²) >= 11 is 0. The highest BCUT2D eigenvalue weighted by molar-refractivity contribution is 5.96. The van der Waals surface area contributed by atoms with Gasteiger partial charge < -0.3 is 0 Å². The summed E-state index contributed by atoms with van der Waals surface area (Å²) in [5, 5.41) is 4.06. The van der Waals surface area contributed by atoms with Gasteiger partial charge in [-0.25, -0.2) is 14.3 Å². The lowest BCUT2D eigenvalue weighted by Gasteiger charge is -2.14. The Morgan fingerprint density at radius 3 is 2.48 bits per heavy atom. The van der Waals surface area contributed by atoms with Crippen molar-refractivity contribution in [1.82, 2.24) is 14.3 Å². The van der Waals surface area contributed by atoms with Crippen molar-refractivity contribution in [2.24, 2.45) is 0 Å². The summed E-state index contributed by atoms with van der Waals surface area (Å²) in [6.07, 6.45) is 0. The molecular weight excluding hydrogens is 272 g/mol. The lowest BCUT2D eigenvalue weighted by Crippen LogP contribution is -2.35. The molecule has 1 amide bonds. The van der Waals surface area contributed by atoms with Crippen molar-refractivity contribution < 1.29 is 9.59 Å². The van der Waals surface area contributed by atoms with Crippen LogP contribution in [-0.4, -0.2) is 26.2 Å². The fourth-order valence-corrected chi connectivity index (χ4v) is 2.32. The molecule has 7 nitrogen and oxygen atoms in total. The fourth-order valence-electron chi connectivity index (χ4n) is 2.32. The molecule has 0 spiro atoms. The van der Waals surface area contributed by atoms with Gasteiger partial charge in [-0.05, 0) is 26.0 Å². The van der Waals surface area contributed by atoms with Crippen molar-refractivity contribution in [2.75, 3.05) is 4.90 Å². The Kier molecular flexibility index (Phi) is 2.97. The van der Waals surface area contributed by atoms with Gasteiger partial charge in [0, 0.05) is 5.69 Å². The van der Waals surface area contributed by atoms with Crippen molar-refractivity contribution in [2.45, 2.75) is 26.9 Å². The molecule has 1 aliphatic heterocycles. The molecule has 0 saturated heterocycles. The Morgan fingerprint density at radius 1 is 1.24 bits per heavy atom. The number of hydrogen-bond donors (Lipinski definition) is 0. The second-order valence-electron chi connectivity index (χ2n) is 5.10. The number of rotatable bonds is 3. The molecule has 0 atom stereocenters. The van der Waals surface area contributed by atoms with Gasteiger partial charge in [0.05, 0.1) is 6.54 Å². The SMILES string of the molecule is CC(=O)Cn1nc2n(c1=O)C(=O)N(c1ccc(C)cc1)C2. The molecule has 0 saturated carbocycles. The number of nitrogens with zero attached hydrogens (tertiary/aromatic N) is 4. The maximum absolute atomic E-state index is 12.4. The van der Waals surface area contributed by atoms with E-state index in [1.54, 1.807) is 0 Å². The van der Waals surface area contributed by atoms with Crippen LogP contribution in [0, 0.1) is 6.92 Å². The van der Waals surface area contributed by atoms with Gasteiger partial charge >= 0.3 is 11.7 Å². The Bertz CT molecular complexity index is 786. The van der Waals surface area contributed by atoms with Crippen LogP contribution in [0.15, 0.2) is 29.1 Å². The van der Waals surface area contributed by atoms with Crippen molar-refractivity contribution in [3.05, 3.63) is 46.1 Å². The Labute approximate surface area is 120 Å². The van der Waals surface area contributed by atoms with Crippen molar-refractivity contribution in [3.8, 4) is 0 Å². The van der Waals surface area contributed by atoms with Crippen LogP contribution in [0.5, 0.6) is 0 Å². The minimum atomic E-state index is -0.570. The van der Waals surface area contributed by atoms with Crippen LogP contribution in [0.4, 0.5) is 10.5 Å². The standard InChI is InChI=1S/C14H14N4O3/c1-9-3-5-11(6-4-9)16-8-12-15-17(7-10(2)19)14(21)18(12)13(16)20/h3-6H,7-8H2,1-2H3. The molecule has 1 aromatic heterocycles. The van der Waals surface area contributed by atoms with Gasteiger partial charge in [0.15, 0.2) is 11.6 Å². The maximum atomic E-state index is 12.4. The molecule has 3 rings (SSSR count). The van der Waals surface area contributed by atoms with E-state index in [0.29, 0.717) is 11.5 Å². The first-order valence-corrected chi connectivity index (χ1v) is 6.54. The van der Waals surface area contributed by atoms with Crippen LogP contribution in [0.2, 0.25) is 0 Å². The molecule has 108 valence electrons. The summed E-state index contributed by atoms with van der Waals surface area (Å²) in [7, 11) is 0. The number of aryl methyl sites for hydroxylation is 1. The quantitative estimate of drug-likeness (QED) is 0.841. The van der Waals surface area contributed by atoms with Crippen LogP contribution < -0.4 is 10.6 Å². The van der Waals surface area contributed by atoms with E-state index in [1.807, 2.05) is 31.2 Å². The number of aromatic nitrogens is 3. The second-order valence-corrected chi connectivity index (χ2v) is 5.10. The topological polar surface area (TPSA) is 77.2 Å². The van der Waals surface area contributed by atoms with Crippen LogP contribution in [-0.2, 0) is 17.9 Å². The molecule has 1 aliphatic rings. The highest BCUT2D eigenvalue weighted by Gasteiger charge is 2.33. The minimum Gasteiger partial charge on any atom is -0.298 e. The predicted molar refractivity (Wildman–Crippen MR) is 75.3 cm³/mol. The number of carbonyl (C=O) groups is 2. The van der Waals surface area contributed by atoms with E-state index in [4.69, 9.17) is 0 Å². The fraction of sp³-hybridized carbons (Fsp3) is 0.286. The monoisotopic (exact) mass is 286 g/mol. The molecule has 2 heterocycles. The molecule has 0 fully saturated rings. The van der Waals surface area contributed by atoms with Crippen molar-refractivity contribution in [1.29, 1.82) is 0 Å². The number of fused-ring (bicyclic) bond motifs is 1. The van der Waals surface area contributed by atoms with Gasteiger partial charge in [-0.3, -0.25) is 9.69 Å². The highest BCUT2D eigenvalue weighted by atomic mass is 16.2. The molecular formula is C14H14N4O3. The first-order valence-electron chi connectivity index (χ1n) is 6.54. The van der Waals surface area contributed by atoms with E-state index in [2.05, 4.69) is 5.10 Å². The third-order valence-electron chi connectivity index (χ3n) is 3.35. The van der Waals surface area contributed by atoms with Crippen molar-refractivity contribution in [3.63, 3.8) is 0 Å². The third kappa shape index (κ3) is 2.16. The summed E-state index contributed by atoms with van der Waals surface area (Å²) < 4.78 is 2.05. The van der Waals surface area contributed by atoms with E-state index in [9.17, 15) is 14.4 Å². The van der Waals surface area contributed by atoms with Crippen molar-refractivity contribution >= 4 is 17.5 Å². The summed E-state index contributed by atoms with van der Waals surface area (Å²) in [6.45, 7) is 3.44. The van der Waals surface area contributed by atoms with Crippen LogP contribution >= 0.6 is 0 Å². The lowest BCUT2D eigenvalue weighted by molar-refractivity contribution is -0.117. The molecule has 1 aromatic carbocycles. The first kappa shape index (κ1) is 13.3. The molecule has 21 heavy (non-hydrogen) atoms. The zero-order valence-corrected chi connectivity index (χ0v) is 11.7. The van der Waals surface area contributed by atoms with Gasteiger partial charge in [0.1, 0.15) is 6.54 Å². The average Bonchev–Trinajstić information content (AvgIpc) is 2.89. The van der Waals surface area contributed by atoms with E-state index >= 15 is 0 Å². The average molecular weight is 286 g/mol. The number of hydrogen-bond acceptors (Lipinski definition) is 4. The molecule has 0 bridgehead atoms. The maximum Gasteiger partial charge on any atom is 0.354 e. The van der Waals surface area contributed by atoms with Crippen LogP contribution in [0.1, 0.15) is 18.3 Å². The minimum absolute atomic E-state index is 0.114. The van der Waals surface area contributed by atoms with Gasteiger partial charge in [0.2, 0.25) is 0 Å². The van der Waals surface area contributed by atoms with E-state index < -0.39 is 11.7 Å². The van der Waals surface area contributed by atoms with Gasteiger partial charge in [-0.1, -0.05) is 17.7 Å². The smallest absolute Gasteiger partial charge is 0.298 e. The number of anilines is 1. The zero-order valence-electron chi connectivity index (χ0n) is 11.7. The van der Waals surface area contributed by atoms with E-state index in [1.165, 1.54) is 11.8 Å². The number of carbonyl (C=O) groups excluding carboxylic acids is 2. The summed E-state index contributed by atoms with van der Waals surface area (Å²) in [6, 6.07) is 7.02. The number of Topliss-reactive ketones (excluding diaryl/α,β-unsaturated/α-hetero) is 1. The Hall–Kier alpha value is -2.70. The number of amides is 1. The normalized spacial score (nSPS) is 13.6. The molecule has 0 unspecified atom stereocenters. The molecule has 2 aromatic rings. The largest absolute Gasteiger partial charge is 0.354 e. The number of benzene rings is 1. The van der Waals surface area contributed by atoms with Gasteiger partial charge in [-0.15, -0.1) is 0 Å². The summed E-state index contributed by atoms with van der Waals surface area (Å²) in [4.78, 5) is 37.0. The van der Waals surface area contributed by atoms with Gasteiger partial charge in [0.25, 0.3) is 0 Å². The Morgan fingerprint density at radius 2 is 1.90 bits per heavy atom. The molecule has 0 N–H and O–H groups in total. The second kappa shape index (κ2) is 4.69. The van der Waals surface area contributed by atoms with Gasteiger partial charge in [-0.2, -0.15) is 9.67 Å². The molecule has 7 heteroatoms. The van der Waals surface area contributed by atoms with E-state index in [-0.39, 0.29) is 18.9 Å². The summed E-state index contributed by atoms with van der Waals surface area (Å²) in [5.41, 5.74) is 1.24. The third-order valence-corrected chi connectivity index (χ3v) is 3.35. The summed E-state index contributed by atoms with van der Waals surface area (Å²) in [5.74, 6) is 0.170. The molecule has 0 radical (unpaired) electrons. The highest BCUT2D eigenvalue weighted by Crippen LogP contribution is 2.22. The predicted octanol–water partition coefficient (Wildman–Crippen LogP) is 0.931. The lowest BCUT2D eigenvalue weighted by atomic mass is 10.2. The van der Waals surface area contributed by atoms with E-state index in [0.717, 1.165) is 14.8 Å².